The van der Waals surface area contributed by atoms with Crippen LogP contribution < -0.4 is 4.72 Å². The van der Waals surface area contributed by atoms with Gasteiger partial charge in [-0.15, -0.1) is 0 Å². The molecular weight excluding hydrogens is 348 g/mol. The number of aliphatic imine (C=N–C) groups is 1. The van der Waals surface area contributed by atoms with Gasteiger partial charge in [0.2, 0.25) is 0 Å². The summed E-state index contributed by atoms with van der Waals surface area (Å²) in [6.07, 6.45) is 1.69. The standard InChI is InChI=1S/C16H15BrN2OS/c1-4-13-14(17)9-10-15(16(13)18-3)19-21(20)12-7-5-11(2)6-8-12/h4-10,19H,1,3H2,2H3. The summed E-state index contributed by atoms with van der Waals surface area (Å²) in [6.45, 7) is 9.33. The number of halogens is 1. The lowest BCUT2D eigenvalue weighted by Crippen LogP contribution is -2.05. The Hall–Kier alpha value is -1.72. The predicted molar refractivity (Wildman–Crippen MR) is 94.7 cm³/mol. The van der Waals surface area contributed by atoms with Crippen LogP contribution in [0.1, 0.15) is 11.1 Å². The minimum Gasteiger partial charge on any atom is -0.299 e. The first-order valence-electron chi connectivity index (χ1n) is 6.23. The normalized spacial score (nSPS) is 11.7. The lowest BCUT2D eigenvalue weighted by Gasteiger charge is -2.12. The number of hydrogen-bond acceptors (Lipinski definition) is 2. The average molecular weight is 363 g/mol. The first kappa shape index (κ1) is 15.7. The molecule has 3 nitrogen and oxygen atoms in total. The number of benzene rings is 2. The summed E-state index contributed by atoms with van der Waals surface area (Å²) in [5, 5.41) is 0. The van der Waals surface area contributed by atoms with E-state index in [2.05, 4.69) is 38.9 Å². The van der Waals surface area contributed by atoms with Gasteiger partial charge in [0.25, 0.3) is 0 Å². The summed E-state index contributed by atoms with van der Waals surface area (Å²) in [7, 11) is -1.36. The molecule has 108 valence electrons. The molecule has 5 heteroatoms. The Bertz CT molecular complexity index is 711. The third-order valence-electron chi connectivity index (χ3n) is 2.96. The van der Waals surface area contributed by atoms with E-state index in [1.807, 2.05) is 43.3 Å². The van der Waals surface area contributed by atoms with Gasteiger partial charge in [-0.3, -0.25) is 9.71 Å². The largest absolute Gasteiger partial charge is 0.299 e. The number of nitrogens with one attached hydrogen (secondary N) is 1. The lowest BCUT2D eigenvalue weighted by atomic mass is 10.1. The minimum atomic E-state index is -1.36. The molecule has 1 atom stereocenters. The number of aryl methyl sites for hydroxylation is 1. The van der Waals surface area contributed by atoms with Crippen LogP contribution in [0, 0.1) is 6.92 Å². The highest BCUT2D eigenvalue weighted by molar-refractivity contribution is 9.10. The average Bonchev–Trinajstić information content (AvgIpc) is 2.49. The topological polar surface area (TPSA) is 41.5 Å². The number of anilines is 1. The van der Waals surface area contributed by atoms with Crippen molar-refractivity contribution < 1.29 is 4.21 Å². The summed E-state index contributed by atoms with van der Waals surface area (Å²) in [6, 6.07) is 11.2. The second-order valence-corrected chi connectivity index (χ2v) is 6.47. The van der Waals surface area contributed by atoms with Crippen LogP contribution in [-0.4, -0.2) is 10.9 Å². The Kier molecular flexibility index (Phi) is 5.09. The molecule has 0 saturated carbocycles. The van der Waals surface area contributed by atoms with E-state index in [-0.39, 0.29) is 0 Å². The minimum absolute atomic E-state index is 0.625. The third-order valence-corrected chi connectivity index (χ3v) is 4.76. The maximum absolute atomic E-state index is 12.4. The zero-order valence-electron chi connectivity index (χ0n) is 11.6. The van der Waals surface area contributed by atoms with E-state index in [9.17, 15) is 4.21 Å². The maximum Gasteiger partial charge on any atom is 0.150 e. The Morgan fingerprint density at radius 1 is 1.24 bits per heavy atom. The molecule has 2 rings (SSSR count). The zero-order chi connectivity index (χ0) is 15.4. The van der Waals surface area contributed by atoms with Crippen LogP contribution in [0.4, 0.5) is 11.4 Å². The first-order valence-corrected chi connectivity index (χ1v) is 8.18. The molecule has 0 amide bonds. The molecule has 0 aliphatic rings. The van der Waals surface area contributed by atoms with Crippen molar-refractivity contribution in [2.45, 2.75) is 11.8 Å². The van der Waals surface area contributed by atoms with Crippen molar-refractivity contribution in [2.75, 3.05) is 4.72 Å². The molecule has 21 heavy (non-hydrogen) atoms. The molecule has 0 bridgehead atoms. The number of nitrogens with zero attached hydrogens (tertiary/aromatic N) is 1. The molecule has 1 N–H and O–H groups in total. The van der Waals surface area contributed by atoms with Gasteiger partial charge in [-0.05, 0) is 37.9 Å². The zero-order valence-corrected chi connectivity index (χ0v) is 14.0. The molecule has 2 aromatic rings. The van der Waals surface area contributed by atoms with E-state index in [0.717, 1.165) is 15.6 Å². The molecule has 0 aromatic heterocycles. The van der Waals surface area contributed by atoms with Crippen molar-refractivity contribution in [3.05, 3.63) is 58.6 Å². The predicted octanol–water partition coefficient (Wildman–Crippen LogP) is 4.87. The molecule has 0 aliphatic heterocycles. The molecule has 2 aromatic carbocycles. The number of rotatable bonds is 5. The van der Waals surface area contributed by atoms with Crippen molar-refractivity contribution in [1.82, 2.24) is 0 Å². The Morgan fingerprint density at radius 3 is 2.48 bits per heavy atom. The van der Waals surface area contributed by atoms with Gasteiger partial charge < -0.3 is 0 Å². The fourth-order valence-electron chi connectivity index (χ4n) is 1.85. The fourth-order valence-corrected chi connectivity index (χ4v) is 3.20. The van der Waals surface area contributed by atoms with E-state index < -0.39 is 11.0 Å². The van der Waals surface area contributed by atoms with Crippen LogP contribution in [0.5, 0.6) is 0 Å². The highest BCUT2D eigenvalue weighted by Gasteiger charge is 2.11. The van der Waals surface area contributed by atoms with E-state index in [1.54, 1.807) is 6.08 Å². The molecular formula is C16H15BrN2OS. The van der Waals surface area contributed by atoms with Crippen molar-refractivity contribution >= 4 is 51.1 Å². The fraction of sp³-hybridized carbons (Fsp3) is 0.0625. The Morgan fingerprint density at radius 2 is 1.90 bits per heavy atom. The van der Waals surface area contributed by atoms with Gasteiger partial charge in [-0.1, -0.05) is 46.3 Å². The van der Waals surface area contributed by atoms with E-state index in [0.29, 0.717) is 16.3 Å². The lowest BCUT2D eigenvalue weighted by molar-refractivity contribution is 0.686. The molecule has 0 radical (unpaired) electrons. The number of hydrogen-bond donors (Lipinski definition) is 1. The quantitative estimate of drug-likeness (QED) is 0.757. The summed E-state index contributed by atoms with van der Waals surface area (Å²) in [5.74, 6) is 0. The van der Waals surface area contributed by atoms with Crippen LogP contribution >= 0.6 is 15.9 Å². The second kappa shape index (κ2) is 6.83. The summed E-state index contributed by atoms with van der Waals surface area (Å²) in [4.78, 5) is 4.72. The van der Waals surface area contributed by atoms with E-state index >= 15 is 0 Å². The highest BCUT2D eigenvalue weighted by Crippen LogP contribution is 2.35. The molecule has 0 fully saturated rings. The summed E-state index contributed by atoms with van der Waals surface area (Å²) in [5.41, 5.74) is 3.22. The van der Waals surface area contributed by atoms with Crippen LogP contribution in [-0.2, 0) is 11.0 Å². The molecule has 0 spiro atoms. The maximum atomic E-state index is 12.4. The van der Waals surface area contributed by atoms with Crippen LogP contribution in [0.25, 0.3) is 6.08 Å². The van der Waals surface area contributed by atoms with Gasteiger partial charge >= 0.3 is 0 Å². The van der Waals surface area contributed by atoms with Crippen molar-refractivity contribution in [3.8, 4) is 0 Å². The highest BCUT2D eigenvalue weighted by atomic mass is 79.9. The van der Waals surface area contributed by atoms with Gasteiger partial charge in [0, 0.05) is 10.0 Å². The molecule has 0 heterocycles. The van der Waals surface area contributed by atoms with Gasteiger partial charge in [0.1, 0.15) is 11.0 Å². The van der Waals surface area contributed by atoms with Crippen LogP contribution in [0.3, 0.4) is 0 Å². The third kappa shape index (κ3) is 3.49. The van der Waals surface area contributed by atoms with E-state index in [1.165, 1.54) is 0 Å². The second-order valence-electron chi connectivity index (χ2n) is 4.40. The Balaban J connectivity index is 2.35. The SMILES string of the molecule is C=Cc1c(Br)ccc(NS(=O)c2ccc(C)cc2)c1N=C. The van der Waals surface area contributed by atoms with E-state index in [4.69, 9.17) is 0 Å². The van der Waals surface area contributed by atoms with Crippen molar-refractivity contribution in [2.24, 2.45) is 4.99 Å². The van der Waals surface area contributed by atoms with Crippen LogP contribution in [0.2, 0.25) is 0 Å². The smallest absolute Gasteiger partial charge is 0.150 e. The molecule has 0 saturated heterocycles. The molecule has 1 unspecified atom stereocenters. The first-order chi connectivity index (χ1) is 10.1. The van der Waals surface area contributed by atoms with Crippen molar-refractivity contribution in [1.29, 1.82) is 0 Å². The monoisotopic (exact) mass is 362 g/mol. The summed E-state index contributed by atoms with van der Waals surface area (Å²) < 4.78 is 16.2. The van der Waals surface area contributed by atoms with Gasteiger partial charge in [-0.2, -0.15) is 0 Å². The van der Waals surface area contributed by atoms with Crippen molar-refractivity contribution in [3.63, 3.8) is 0 Å². The van der Waals surface area contributed by atoms with Gasteiger partial charge in [-0.25, -0.2) is 4.21 Å². The van der Waals surface area contributed by atoms with Crippen LogP contribution in [0.15, 0.2) is 57.3 Å². The molecule has 0 aliphatic carbocycles. The Labute approximate surface area is 135 Å². The summed E-state index contributed by atoms with van der Waals surface area (Å²) >= 11 is 3.44. The van der Waals surface area contributed by atoms with Gasteiger partial charge in [0.05, 0.1) is 16.3 Å². The van der Waals surface area contributed by atoms with Gasteiger partial charge in [0.15, 0.2) is 0 Å².